The van der Waals surface area contributed by atoms with Crippen molar-refractivity contribution >= 4 is 35.5 Å². The zero-order valence-corrected chi connectivity index (χ0v) is 20.1. The molecule has 0 rings (SSSR count). The molecule has 0 saturated heterocycles. The van der Waals surface area contributed by atoms with Crippen LogP contribution in [-0.4, -0.2) is 64.8 Å². The molecule has 0 aromatic heterocycles. The molecule has 10 N–H and O–H groups in total. The second-order valence-electron chi connectivity index (χ2n) is 8.61. The highest BCUT2D eigenvalue weighted by Gasteiger charge is 2.33. The zero-order chi connectivity index (χ0) is 26.6. The molecule has 34 heavy (non-hydrogen) atoms. The number of hydrogen-bond donors (Lipinski definition) is 7. The molecule has 0 aliphatic carbocycles. The lowest BCUT2D eigenvalue weighted by molar-refractivity contribution is -0.143. The Labute approximate surface area is 198 Å². The molecule has 5 atom stereocenters. The summed E-state index contributed by atoms with van der Waals surface area (Å²) >= 11 is 0. The highest BCUT2D eigenvalue weighted by atomic mass is 16.4. The van der Waals surface area contributed by atoms with E-state index in [-0.39, 0.29) is 37.5 Å². The number of carboxylic acid groups (broad SMARTS) is 1. The average Bonchev–Trinajstić information content (AvgIpc) is 2.75. The number of aliphatic carboxylic acids is 1. The van der Waals surface area contributed by atoms with Crippen LogP contribution in [0.5, 0.6) is 0 Å². The van der Waals surface area contributed by atoms with Gasteiger partial charge in [-0.1, -0.05) is 34.1 Å². The SMILES string of the molecule is CCC(C)C(NC(=O)C(N)C(C)C)C(=O)NC(CCC(N)=O)C(=O)NC(CCC(N)=O)C(=O)O. The Balaban J connectivity index is 5.64. The number of carbonyl (C=O) groups is 6. The monoisotopic (exact) mass is 486 g/mol. The summed E-state index contributed by atoms with van der Waals surface area (Å²) in [6.45, 7) is 7.05. The third-order valence-electron chi connectivity index (χ3n) is 5.42. The van der Waals surface area contributed by atoms with Crippen LogP contribution in [0.25, 0.3) is 0 Å². The Kier molecular flexibility index (Phi) is 13.4. The first kappa shape index (κ1) is 30.8. The van der Waals surface area contributed by atoms with Crippen molar-refractivity contribution in [1.82, 2.24) is 16.0 Å². The first-order chi connectivity index (χ1) is 15.7. The lowest BCUT2D eigenvalue weighted by atomic mass is 9.96. The van der Waals surface area contributed by atoms with Gasteiger partial charge in [0.05, 0.1) is 6.04 Å². The van der Waals surface area contributed by atoms with Gasteiger partial charge in [0.1, 0.15) is 18.1 Å². The van der Waals surface area contributed by atoms with E-state index in [4.69, 9.17) is 17.2 Å². The molecule has 0 saturated carbocycles. The minimum Gasteiger partial charge on any atom is -0.480 e. The van der Waals surface area contributed by atoms with Crippen LogP contribution >= 0.6 is 0 Å². The second kappa shape index (κ2) is 14.8. The maximum atomic E-state index is 13.0. The molecule has 0 spiro atoms. The molecule has 0 aromatic carbocycles. The highest BCUT2D eigenvalue weighted by Crippen LogP contribution is 2.11. The van der Waals surface area contributed by atoms with Crippen molar-refractivity contribution in [2.24, 2.45) is 29.0 Å². The van der Waals surface area contributed by atoms with Crippen LogP contribution in [0.15, 0.2) is 0 Å². The van der Waals surface area contributed by atoms with Gasteiger partial charge in [0, 0.05) is 12.8 Å². The van der Waals surface area contributed by atoms with Crippen LogP contribution in [0.3, 0.4) is 0 Å². The van der Waals surface area contributed by atoms with E-state index in [1.54, 1.807) is 20.8 Å². The van der Waals surface area contributed by atoms with Gasteiger partial charge in [0.2, 0.25) is 29.5 Å². The number of primary amides is 2. The Bertz CT molecular complexity index is 758. The molecule has 0 aliphatic heterocycles. The summed E-state index contributed by atoms with van der Waals surface area (Å²) < 4.78 is 0. The van der Waals surface area contributed by atoms with Crippen molar-refractivity contribution in [3.63, 3.8) is 0 Å². The predicted molar refractivity (Wildman–Crippen MR) is 123 cm³/mol. The lowest BCUT2D eigenvalue weighted by Gasteiger charge is -2.28. The summed E-state index contributed by atoms with van der Waals surface area (Å²) in [5.74, 6) is -5.51. The summed E-state index contributed by atoms with van der Waals surface area (Å²) in [4.78, 5) is 71.9. The smallest absolute Gasteiger partial charge is 0.326 e. The van der Waals surface area contributed by atoms with Crippen LogP contribution in [-0.2, 0) is 28.8 Å². The first-order valence-electron chi connectivity index (χ1n) is 11.2. The van der Waals surface area contributed by atoms with Gasteiger partial charge in [-0.2, -0.15) is 0 Å². The van der Waals surface area contributed by atoms with Crippen molar-refractivity contribution in [1.29, 1.82) is 0 Å². The van der Waals surface area contributed by atoms with Crippen LogP contribution in [0.4, 0.5) is 0 Å². The molecular weight excluding hydrogens is 448 g/mol. The molecule has 0 bridgehead atoms. The van der Waals surface area contributed by atoms with Gasteiger partial charge >= 0.3 is 5.97 Å². The second-order valence-corrected chi connectivity index (χ2v) is 8.61. The normalized spacial score (nSPS) is 15.4. The van der Waals surface area contributed by atoms with E-state index in [0.29, 0.717) is 6.42 Å². The molecule has 194 valence electrons. The average molecular weight is 487 g/mol. The van der Waals surface area contributed by atoms with Gasteiger partial charge in [-0.3, -0.25) is 24.0 Å². The third-order valence-corrected chi connectivity index (χ3v) is 5.42. The van der Waals surface area contributed by atoms with Crippen molar-refractivity contribution in [3.8, 4) is 0 Å². The molecule has 5 unspecified atom stereocenters. The van der Waals surface area contributed by atoms with Gasteiger partial charge in [-0.05, 0) is 24.7 Å². The Hall–Kier alpha value is -3.22. The van der Waals surface area contributed by atoms with E-state index in [0.717, 1.165) is 0 Å². The topological polar surface area (TPSA) is 237 Å². The maximum Gasteiger partial charge on any atom is 0.326 e. The molecule has 0 aromatic rings. The molecule has 13 heteroatoms. The van der Waals surface area contributed by atoms with Crippen molar-refractivity contribution in [3.05, 3.63) is 0 Å². The van der Waals surface area contributed by atoms with Crippen LogP contribution in [0, 0.1) is 11.8 Å². The minimum absolute atomic E-state index is 0.178. The van der Waals surface area contributed by atoms with Gasteiger partial charge in [0.25, 0.3) is 0 Å². The zero-order valence-electron chi connectivity index (χ0n) is 20.1. The summed E-state index contributed by atoms with van der Waals surface area (Å²) in [6, 6.07) is -4.65. The third kappa shape index (κ3) is 11.1. The van der Waals surface area contributed by atoms with E-state index in [1.807, 2.05) is 6.92 Å². The molecule has 13 nitrogen and oxygen atoms in total. The van der Waals surface area contributed by atoms with Gasteiger partial charge in [-0.15, -0.1) is 0 Å². The number of nitrogens with one attached hydrogen (secondary N) is 3. The Morgan fingerprint density at radius 3 is 1.65 bits per heavy atom. The largest absolute Gasteiger partial charge is 0.480 e. The quantitative estimate of drug-likeness (QED) is 0.129. The molecule has 0 aliphatic rings. The number of nitrogens with two attached hydrogens (primary N) is 3. The summed E-state index contributed by atoms with van der Waals surface area (Å²) in [6.07, 6.45) is -0.501. The van der Waals surface area contributed by atoms with Gasteiger partial charge < -0.3 is 38.3 Å². The van der Waals surface area contributed by atoms with Crippen LogP contribution < -0.4 is 33.2 Å². The molecule has 0 heterocycles. The highest BCUT2D eigenvalue weighted by molar-refractivity contribution is 5.94. The Morgan fingerprint density at radius 2 is 1.24 bits per heavy atom. The summed E-state index contributed by atoms with van der Waals surface area (Å²) in [7, 11) is 0. The summed E-state index contributed by atoms with van der Waals surface area (Å²) in [5, 5.41) is 16.6. The van der Waals surface area contributed by atoms with Gasteiger partial charge in [0.15, 0.2) is 0 Å². The lowest BCUT2D eigenvalue weighted by Crippen LogP contribution is -2.59. The number of carboxylic acids is 1. The fourth-order valence-corrected chi connectivity index (χ4v) is 2.89. The van der Waals surface area contributed by atoms with E-state index in [9.17, 15) is 33.9 Å². The van der Waals surface area contributed by atoms with E-state index in [1.165, 1.54) is 0 Å². The van der Waals surface area contributed by atoms with E-state index >= 15 is 0 Å². The number of hydrogen-bond acceptors (Lipinski definition) is 7. The standard InChI is InChI=1S/C21H38N6O7/c1-5-11(4)17(27-19(31)16(24)10(2)3)20(32)25-12(6-8-14(22)28)18(30)26-13(21(33)34)7-9-15(23)29/h10-13,16-17H,5-9,24H2,1-4H3,(H2,22,28)(H2,23,29)(H,25,32)(H,26,30)(H,27,31)(H,33,34). The predicted octanol–water partition coefficient (Wildman–Crippen LogP) is -1.91. The van der Waals surface area contributed by atoms with Crippen molar-refractivity contribution in [2.75, 3.05) is 0 Å². The fourth-order valence-electron chi connectivity index (χ4n) is 2.89. The van der Waals surface area contributed by atoms with E-state index in [2.05, 4.69) is 16.0 Å². The minimum atomic E-state index is -1.44. The molecule has 0 fully saturated rings. The Morgan fingerprint density at radius 1 is 0.765 bits per heavy atom. The van der Waals surface area contributed by atoms with Crippen LogP contribution in [0.1, 0.15) is 59.8 Å². The van der Waals surface area contributed by atoms with Crippen molar-refractivity contribution in [2.45, 2.75) is 84.0 Å². The van der Waals surface area contributed by atoms with E-state index < -0.39 is 59.7 Å². The number of rotatable bonds is 16. The maximum absolute atomic E-state index is 13.0. The molecule has 5 amide bonds. The van der Waals surface area contributed by atoms with Gasteiger partial charge in [-0.25, -0.2) is 4.79 Å². The fraction of sp³-hybridized carbons (Fsp3) is 0.714. The summed E-state index contributed by atoms with van der Waals surface area (Å²) in [5.41, 5.74) is 16.1. The number of carbonyl (C=O) groups excluding carboxylic acids is 5. The first-order valence-corrected chi connectivity index (χ1v) is 11.2. The van der Waals surface area contributed by atoms with Crippen molar-refractivity contribution < 1.29 is 33.9 Å². The molecular formula is C21H38N6O7. The molecule has 0 radical (unpaired) electrons. The van der Waals surface area contributed by atoms with Crippen LogP contribution in [0.2, 0.25) is 0 Å². The number of amides is 5.